The molecule has 1 heterocycles. The number of rotatable bonds is 1. The summed E-state index contributed by atoms with van der Waals surface area (Å²) in [5.41, 5.74) is 3.16. The zero-order valence-corrected chi connectivity index (χ0v) is 5.22. The van der Waals surface area contributed by atoms with Gasteiger partial charge in [0.1, 0.15) is 0 Å². The molecule has 2 heteroatoms. The standard InChI is InChI=1S/C6H12N2/c1-7-8-3-5-2-6(5)4-8/h5-7H,2-4H2,1H3. The third kappa shape index (κ3) is 0.565. The summed E-state index contributed by atoms with van der Waals surface area (Å²) in [6.07, 6.45) is 1.50. The van der Waals surface area contributed by atoms with E-state index in [9.17, 15) is 0 Å². The van der Waals surface area contributed by atoms with Crippen LogP contribution in [-0.4, -0.2) is 25.1 Å². The van der Waals surface area contributed by atoms with Crippen LogP contribution < -0.4 is 5.43 Å². The summed E-state index contributed by atoms with van der Waals surface area (Å²) >= 11 is 0. The van der Waals surface area contributed by atoms with Crippen molar-refractivity contribution in [2.75, 3.05) is 20.1 Å². The lowest BCUT2D eigenvalue weighted by molar-refractivity contribution is 0.234. The molecule has 2 aliphatic rings. The minimum atomic E-state index is 1.06. The van der Waals surface area contributed by atoms with Gasteiger partial charge in [0.05, 0.1) is 0 Å². The smallest absolute Gasteiger partial charge is 0.0162 e. The number of hydrogen-bond donors (Lipinski definition) is 1. The summed E-state index contributed by atoms with van der Waals surface area (Å²) < 4.78 is 0. The fourth-order valence-corrected chi connectivity index (χ4v) is 1.58. The van der Waals surface area contributed by atoms with Gasteiger partial charge in [0, 0.05) is 13.1 Å². The molecule has 2 fully saturated rings. The molecule has 1 aliphatic carbocycles. The van der Waals surface area contributed by atoms with Gasteiger partial charge in [0.2, 0.25) is 0 Å². The number of hydrazine groups is 1. The SMILES string of the molecule is CNN1CC2CC2C1. The van der Waals surface area contributed by atoms with E-state index in [1.807, 2.05) is 7.05 Å². The van der Waals surface area contributed by atoms with Crippen LogP contribution in [0.25, 0.3) is 0 Å². The molecule has 8 heavy (non-hydrogen) atoms. The minimum absolute atomic E-state index is 1.06. The fourth-order valence-electron chi connectivity index (χ4n) is 1.58. The predicted molar refractivity (Wildman–Crippen MR) is 32.2 cm³/mol. The van der Waals surface area contributed by atoms with Crippen molar-refractivity contribution < 1.29 is 0 Å². The molecule has 1 saturated heterocycles. The van der Waals surface area contributed by atoms with Crippen LogP contribution in [0.2, 0.25) is 0 Å². The highest BCUT2D eigenvalue weighted by Crippen LogP contribution is 2.43. The Morgan fingerprint density at radius 3 is 2.38 bits per heavy atom. The molecule has 0 bridgehead atoms. The van der Waals surface area contributed by atoms with E-state index in [-0.39, 0.29) is 0 Å². The Labute approximate surface area is 49.8 Å². The molecule has 0 aromatic heterocycles. The zero-order chi connectivity index (χ0) is 5.56. The van der Waals surface area contributed by atoms with Crippen LogP contribution in [-0.2, 0) is 0 Å². The summed E-state index contributed by atoms with van der Waals surface area (Å²) in [7, 11) is 2.00. The second kappa shape index (κ2) is 1.45. The average Bonchev–Trinajstić information content (AvgIpc) is 2.40. The number of fused-ring (bicyclic) bond motifs is 1. The monoisotopic (exact) mass is 112 g/mol. The normalized spacial score (nSPS) is 44.6. The first-order valence-corrected chi connectivity index (χ1v) is 3.32. The highest BCUT2D eigenvalue weighted by Gasteiger charge is 2.44. The van der Waals surface area contributed by atoms with Gasteiger partial charge in [-0.25, -0.2) is 5.01 Å². The van der Waals surface area contributed by atoms with Gasteiger partial charge >= 0.3 is 0 Å². The van der Waals surface area contributed by atoms with E-state index in [0.717, 1.165) is 11.8 Å². The third-order valence-electron chi connectivity index (χ3n) is 2.30. The lowest BCUT2D eigenvalue weighted by Crippen LogP contribution is -2.33. The van der Waals surface area contributed by atoms with Crippen LogP contribution in [0.15, 0.2) is 0 Å². The second-order valence-corrected chi connectivity index (χ2v) is 2.88. The first-order chi connectivity index (χ1) is 3.90. The van der Waals surface area contributed by atoms with Crippen LogP contribution in [0.4, 0.5) is 0 Å². The number of piperidine rings is 1. The predicted octanol–water partition coefficient (Wildman–Crippen LogP) is 0.0725. The largest absolute Gasteiger partial charge is 0.258 e. The van der Waals surface area contributed by atoms with Gasteiger partial charge in [-0.05, 0) is 25.3 Å². The van der Waals surface area contributed by atoms with Crippen LogP contribution in [0.3, 0.4) is 0 Å². The molecule has 2 nitrogen and oxygen atoms in total. The molecule has 2 rings (SSSR count). The van der Waals surface area contributed by atoms with Crippen molar-refractivity contribution in [3.8, 4) is 0 Å². The molecule has 0 amide bonds. The molecule has 0 spiro atoms. The lowest BCUT2D eigenvalue weighted by Gasteiger charge is -2.14. The Bertz CT molecular complexity index is 92.7. The molecule has 0 aromatic rings. The molecule has 1 aliphatic heterocycles. The van der Waals surface area contributed by atoms with Crippen molar-refractivity contribution in [1.29, 1.82) is 0 Å². The van der Waals surface area contributed by atoms with Gasteiger partial charge in [-0.1, -0.05) is 0 Å². The molecule has 2 atom stereocenters. The van der Waals surface area contributed by atoms with Crippen LogP contribution in [0.5, 0.6) is 0 Å². The third-order valence-corrected chi connectivity index (χ3v) is 2.30. The van der Waals surface area contributed by atoms with Crippen LogP contribution >= 0.6 is 0 Å². The maximum absolute atomic E-state index is 3.16. The number of nitrogens with zero attached hydrogens (tertiary/aromatic N) is 1. The molecular formula is C6H12N2. The van der Waals surface area contributed by atoms with Gasteiger partial charge in [0.25, 0.3) is 0 Å². The molecule has 2 unspecified atom stereocenters. The second-order valence-electron chi connectivity index (χ2n) is 2.88. The van der Waals surface area contributed by atoms with E-state index >= 15 is 0 Å². The van der Waals surface area contributed by atoms with E-state index in [2.05, 4.69) is 10.4 Å². The molecule has 1 saturated carbocycles. The Balaban J connectivity index is 1.89. The van der Waals surface area contributed by atoms with Crippen molar-refractivity contribution in [1.82, 2.24) is 10.4 Å². The van der Waals surface area contributed by atoms with Gasteiger partial charge in [0.15, 0.2) is 0 Å². The van der Waals surface area contributed by atoms with E-state index in [1.165, 1.54) is 19.5 Å². The molecule has 0 aromatic carbocycles. The number of hydrogen-bond acceptors (Lipinski definition) is 2. The fraction of sp³-hybridized carbons (Fsp3) is 1.00. The highest BCUT2D eigenvalue weighted by atomic mass is 15.5. The molecule has 0 radical (unpaired) electrons. The van der Waals surface area contributed by atoms with Gasteiger partial charge in [-0.15, -0.1) is 0 Å². The zero-order valence-electron chi connectivity index (χ0n) is 5.22. The van der Waals surface area contributed by atoms with Crippen molar-refractivity contribution in [3.05, 3.63) is 0 Å². The summed E-state index contributed by atoms with van der Waals surface area (Å²) in [6.45, 7) is 2.59. The van der Waals surface area contributed by atoms with Crippen LogP contribution in [0.1, 0.15) is 6.42 Å². The number of nitrogens with one attached hydrogen (secondary N) is 1. The maximum Gasteiger partial charge on any atom is 0.0162 e. The molecule has 1 N–H and O–H groups in total. The van der Waals surface area contributed by atoms with E-state index in [0.29, 0.717) is 0 Å². The Kier molecular flexibility index (Phi) is 0.866. The van der Waals surface area contributed by atoms with Gasteiger partial charge < -0.3 is 0 Å². The van der Waals surface area contributed by atoms with E-state index in [1.54, 1.807) is 0 Å². The highest BCUT2D eigenvalue weighted by molar-refractivity contribution is 4.95. The summed E-state index contributed by atoms with van der Waals surface area (Å²) in [4.78, 5) is 0. The Morgan fingerprint density at radius 1 is 1.38 bits per heavy atom. The topological polar surface area (TPSA) is 15.3 Å². The van der Waals surface area contributed by atoms with Crippen molar-refractivity contribution in [2.45, 2.75) is 6.42 Å². The van der Waals surface area contributed by atoms with E-state index in [4.69, 9.17) is 0 Å². The van der Waals surface area contributed by atoms with Gasteiger partial charge in [-0.3, -0.25) is 5.43 Å². The summed E-state index contributed by atoms with van der Waals surface area (Å²) in [6, 6.07) is 0. The van der Waals surface area contributed by atoms with E-state index < -0.39 is 0 Å². The van der Waals surface area contributed by atoms with Gasteiger partial charge in [-0.2, -0.15) is 0 Å². The summed E-state index contributed by atoms with van der Waals surface area (Å²) in [5.74, 6) is 2.12. The first kappa shape index (κ1) is 4.77. The first-order valence-electron chi connectivity index (χ1n) is 3.32. The Hall–Kier alpha value is -0.0800. The van der Waals surface area contributed by atoms with Crippen molar-refractivity contribution in [3.63, 3.8) is 0 Å². The quantitative estimate of drug-likeness (QED) is 0.516. The van der Waals surface area contributed by atoms with Crippen LogP contribution in [0, 0.1) is 11.8 Å². The summed E-state index contributed by atoms with van der Waals surface area (Å²) in [5, 5.41) is 2.30. The maximum atomic E-state index is 3.16. The van der Waals surface area contributed by atoms with Crippen molar-refractivity contribution in [2.24, 2.45) is 11.8 Å². The van der Waals surface area contributed by atoms with Crippen molar-refractivity contribution >= 4 is 0 Å². The molecular weight excluding hydrogens is 100 g/mol. The lowest BCUT2D eigenvalue weighted by atomic mass is 10.4. The Morgan fingerprint density at radius 2 is 2.00 bits per heavy atom. The average molecular weight is 112 g/mol. The molecule has 46 valence electrons. The minimum Gasteiger partial charge on any atom is -0.258 e.